The minimum Gasteiger partial charge on any atom is -0.497 e. The second-order valence-corrected chi connectivity index (χ2v) is 8.76. The van der Waals surface area contributed by atoms with Gasteiger partial charge in [0.1, 0.15) is 5.75 Å². The average Bonchev–Trinajstić information content (AvgIpc) is 2.88. The van der Waals surface area contributed by atoms with E-state index in [4.69, 9.17) is 4.74 Å². The van der Waals surface area contributed by atoms with Gasteiger partial charge < -0.3 is 24.8 Å². The van der Waals surface area contributed by atoms with Crippen molar-refractivity contribution in [1.29, 1.82) is 0 Å². The number of benzene rings is 2. The highest BCUT2D eigenvalue weighted by molar-refractivity contribution is 6.06. The second kappa shape index (κ2) is 11.0. The van der Waals surface area contributed by atoms with Gasteiger partial charge in [0.15, 0.2) is 11.6 Å². The summed E-state index contributed by atoms with van der Waals surface area (Å²) in [5.41, 5.74) is 1.50. The number of hydrogen-bond donors (Lipinski definition) is 2. The third-order valence-electron chi connectivity index (χ3n) is 6.60. The van der Waals surface area contributed by atoms with Crippen LogP contribution in [0.3, 0.4) is 0 Å². The van der Waals surface area contributed by atoms with Crippen molar-refractivity contribution in [1.82, 2.24) is 20.1 Å². The molecule has 0 unspecified atom stereocenters. The van der Waals surface area contributed by atoms with Crippen LogP contribution in [0.25, 0.3) is 10.9 Å². The van der Waals surface area contributed by atoms with Gasteiger partial charge in [0, 0.05) is 50.2 Å². The largest absolute Gasteiger partial charge is 0.497 e. The van der Waals surface area contributed by atoms with Gasteiger partial charge in [-0.05, 0) is 55.8 Å². The van der Waals surface area contributed by atoms with Gasteiger partial charge in [0.2, 0.25) is 0 Å². The molecule has 4 rings (SSSR count). The third kappa shape index (κ3) is 5.68. The Bertz CT molecular complexity index is 1270. The number of pyridine rings is 1. The van der Waals surface area contributed by atoms with E-state index in [1.807, 2.05) is 0 Å². The molecule has 1 saturated heterocycles. The number of nitrogens with one attached hydrogen (secondary N) is 2. The molecule has 2 heterocycles. The highest BCUT2D eigenvalue weighted by Gasteiger charge is 2.20. The summed E-state index contributed by atoms with van der Waals surface area (Å²) in [4.78, 5) is 27.6. The van der Waals surface area contributed by atoms with E-state index in [0.717, 1.165) is 32.0 Å². The molecule has 1 aliphatic rings. The Labute approximate surface area is 202 Å². The predicted octanol–water partition coefficient (Wildman–Crippen LogP) is 2.90. The summed E-state index contributed by atoms with van der Waals surface area (Å²) in [6.07, 6.45) is 1.84. The number of halogens is 2. The van der Waals surface area contributed by atoms with E-state index >= 15 is 0 Å². The summed E-state index contributed by atoms with van der Waals surface area (Å²) >= 11 is 0. The molecule has 9 heteroatoms. The van der Waals surface area contributed by atoms with Gasteiger partial charge in [0.05, 0.1) is 18.2 Å². The molecule has 3 aromatic rings. The van der Waals surface area contributed by atoms with Gasteiger partial charge in [-0.1, -0.05) is 6.07 Å². The Hall–Kier alpha value is -3.30. The molecular weight excluding hydrogens is 454 g/mol. The van der Waals surface area contributed by atoms with Crippen LogP contribution >= 0.6 is 0 Å². The zero-order chi connectivity index (χ0) is 24.9. The first-order chi connectivity index (χ1) is 16.9. The minimum absolute atomic E-state index is 0.229. The molecule has 2 N–H and O–H groups in total. The van der Waals surface area contributed by atoms with Crippen LogP contribution < -0.4 is 20.9 Å². The highest BCUT2D eigenvalue weighted by atomic mass is 19.2. The molecule has 0 spiro atoms. The van der Waals surface area contributed by atoms with Crippen LogP contribution in [0.15, 0.2) is 47.3 Å². The fraction of sp³-hybridized carbons (Fsp3) is 0.385. The molecule has 1 amide bonds. The van der Waals surface area contributed by atoms with E-state index in [-0.39, 0.29) is 11.5 Å². The van der Waals surface area contributed by atoms with Crippen molar-refractivity contribution in [2.75, 3.05) is 33.8 Å². The van der Waals surface area contributed by atoms with Crippen molar-refractivity contribution in [3.8, 4) is 5.75 Å². The van der Waals surface area contributed by atoms with E-state index < -0.39 is 11.6 Å². The average molecular weight is 485 g/mol. The fourth-order valence-electron chi connectivity index (χ4n) is 4.55. The molecule has 1 aliphatic heterocycles. The lowest BCUT2D eigenvalue weighted by Gasteiger charge is -2.32. The Morgan fingerprint density at radius 2 is 1.83 bits per heavy atom. The maximum Gasteiger partial charge on any atom is 0.251 e. The minimum atomic E-state index is -0.837. The summed E-state index contributed by atoms with van der Waals surface area (Å²) < 4.78 is 33.6. The van der Waals surface area contributed by atoms with E-state index in [0.29, 0.717) is 53.5 Å². The number of amides is 1. The zero-order valence-corrected chi connectivity index (χ0v) is 19.9. The van der Waals surface area contributed by atoms with Gasteiger partial charge in [-0.2, -0.15) is 0 Å². The lowest BCUT2D eigenvalue weighted by Crippen LogP contribution is -2.43. The number of nitrogens with zero attached hydrogens (tertiary/aromatic N) is 2. The number of rotatable bonds is 8. The number of piperidine rings is 1. The van der Waals surface area contributed by atoms with E-state index in [9.17, 15) is 18.4 Å². The summed E-state index contributed by atoms with van der Waals surface area (Å²) in [5.74, 6) is -1.35. The summed E-state index contributed by atoms with van der Waals surface area (Å²) in [6, 6.07) is 11.0. The molecule has 0 atom stereocenters. The number of likely N-dealkylation sites (tertiary alicyclic amines) is 1. The zero-order valence-electron chi connectivity index (χ0n) is 19.9. The lowest BCUT2D eigenvalue weighted by atomic mass is 10.0. The van der Waals surface area contributed by atoms with Gasteiger partial charge in [-0.25, -0.2) is 8.78 Å². The van der Waals surface area contributed by atoms with Crippen molar-refractivity contribution in [2.45, 2.75) is 32.0 Å². The molecule has 0 radical (unpaired) electrons. The molecule has 186 valence electrons. The Kier molecular flexibility index (Phi) is 7.77. The smallest absolute Gasteiger partial charge is 0.251 e. The first-order valence-electron chi connectivity index (χ1n) is 11.7. The van der Waals surface area contributed by atoms with Crippen molar-refractivity contribution in [3.05, 3.63) is 75.6 Å². The Balaban J connectivity index is 1.39. The lowest BCUT2D eigenvalue weighted by molar-refractivity contribution is 0.0964. The Morgan fingerprint density at radius 3 is 2.51 bits per heavy atom. The topological polar surface area (TPSA) is 75.6 Å². The maximum atomic E-state index is 13.4. The first kappa shape index (κ1) is 24.8. The van der Waals surface area contributed by atoms with Crippen molar-refractivity contribution < 1.29 is 18.3 Å². The number of aromatic nitrogens is 1. The van der Waals surface area contributed by atoms with Crippen LogP contribution in [0, 0.1) is 11.6 Å². The quantitative estimate of drug-likeness (QED) is 0.514. The summed E-state index contributed by atoms with van der Waals surface area (Å²) in [5, 5.41) is 6.72. The SMILES string of the molecule is CNC(=O)c1cc(=O)n(CCN2CCC(NCc3ccc(F)c(F)c3)CC2)c2cc(OC)ccc12. The van der Waals surface area contributed by atoms with Gasteiger partial charge in [-0.3, -0.25) is 9.59 Å². The number of carbonyl (C=O) groups is 1. The summed E-state index contributed by atoms with van der Waals surface area (Å²) in [6.45, 7) is 3.40. The molecule has 2 aromatic carbocycles. The second-order valence-electron chi connectivity index (χ2n) is 8.76. The van der Waals surface area contributed by atoms with E-state index in [2.05, 4.69) is 15.5 Å². The van der Waals surface area contributed by atoms with Crippen LogP contribution in [0.2, 0.25) is 0 Å². The van der Waals surface area contributed by atoms with Crippen LogP contribution in [0.5, 0.6) is 5.75 Å². The number of carbonyl (C=O) groups excluding carboxylic acids is 1. The van der Waals surface area contributed by atoms with Crippen LogP contribution in [-0.4, -0.2) is 55.2 Å². The van der Waals surface area contributed by atoms with Crippen LogP contribution in [0.4, 0.5) is 8.78 Å². The molecule has 1 aromatic heterocycles. The molecule has 1 fully saturated rings. The number of ether oxygens (including phenoxy) is 1. The molecule has 0 saturated carbocycles. The number of methoxy groups -OCH3 is 1. The van der Waals surface area contributed by atoms with Crippen LogP contribution in [0.1, 0.15) is 28.8 Å². The fourth-order valence-corrected chi connectivity index (χ4v) is 4.55. The molecule has 7 nitrogen and oxygen atoms in total. The predicted molar refractivity (Wildman–Crippen MR) is 131 cm³/mol. The summed E-state index contributed by atoms with van der Waals surface area (Å²) in [7, 11) is 3.11. The highest BCUT2D eigenvalue weighted by Crippen LogP contribution is 2.23. The molecule has 0 bridgehead atoms. The standard InChI is InChI=1S/C26H30F2N4O3/c1-29-26(34)21-15-25(33)32(24-14-19(35-2)4-5-20(21)24)12-11-31-9-7-18(8-10-31)30-16-17-3-6-22(27)23(28)13-17/h3-6,13-15,18,30H,7-12,16H2,1-2H3,(H,29,34). The Morgan fingerprint density at radius 1 is 1.06 bits per heavy atom. The van der Waals surface area contributed by atoms with E-state index in [1.165, 1.54) is 12.1 Å². The molecular formula is C26H30F2N4O3. The van der Waals surface area contributed by atoms with E-state index in [1.54, 1.807) is 43.0 Å². The van der Waals surface area contributed by atoms with Crippen molar-refractivity contribution in [2.24, 2.45) is 0 Å². The van der Waals surface area contributed by atoms with Gasteiger partial charge >= 0.3 is 0 Å². The van der Waals surface area contributed by atoms with Gasteiger partial charge in [-0.15, -0.1) is 0 Å². The van der Waals surface area contributed by atoms with Crippen molar-refractivity contribution in [3.63, 3.8) is 0 Å². The normalized spacial score (nSPS) is 14.9. The molecule has 35 heavy (non-hydrogen) atoms. The maximum absolute atomic E-state index is 13.4. The third-order valence-corrected chi connectivity index (χ3v) is 6.60. The monoisotopic (exact) mass is 484 g/mol. The van der Waals surface area contributed by atoms with Crippen LogP contribution in [-0.2, 0) is 13.1 Å². The van der Waals surface area contributed by atoms with Crippen molar-refractivity contribution >= 4 is 16.8 Å². The number of hydrogen-bond acceptors (Lipinski definition) is 5. The first-order valence-corrected chi connectivity index (χ1v) is 11.7. The molecule has 0 aliphatic carbocycles. The van der Waals surface area contributed by atoms with Gasteiger partial charge in [0.25, 0.3) is 11.5 Å². The number of fused-ring (bicyclic) bond motifs is 1.